The third-order valence-corrected chi connectivity index (χ3v) is 5.33. The maximum absolute atomic E-state index is 12.7. The highest BCUT2D eigenvalue weighted by Gasteiger charge is 2.17. The van der Waals surface area contributed by atoms with Gasteiger partial charge in [0.05, 0.1) is 22.2 Å². The molecule has 8 heteroatoms. The molecular weight excluding hydrogens is 380 g/mol. The second-order valence-electron chi connectivity index (χ2n) is 5.86. The van der Waals surface area contributed by atoms with Crippen molar-refractivity contribution >= 4 is 21.7 Å². The fraction of sp³-hybridized carbons (Fsp3) is 0. The number of nitrogens with zero attached hydrogens (tertiary/aromatic N) is 1. The monoisotopic (exact) mass is 394 g/mol. The summed E-state index contributed by atoms with van der Waals surface area (Å²) in [5.41, 5.74) is 1.46. The smallest absolute Gasteiger partial charge is 0.339 e. The number of anilines is 1. The lowest BCUT2D eigenvalue weighted by atomic mass is 10.0. The summed E-state index contributed by atoms with van der Waals surface area (Å²) in [4.78, 5) is 10.9. The first-order valence-electron chi connectivity index (χ1n) is 8.00. The zero-order chi connectivity index (χ0) is 20.3. The number of phenols is 1. The Hall–Kier alpha value is -3.83. The largest absolute Gasteiger partial charge is 0.507 e. The lowest BCUT2D eigenvalue weighted by Crippen LogP contribution is -2.13. The van der Waals surface area contributed by atoms with E-state index in [0.717, 1.165) is 12.1 Å². The Labute approximate surface area is 161 Å². The van der Waals surface area contributed by atoms with E-state index in [1.165, 1.54) is 18.2 Å². The van der Waals surface area contributed by atoms with Gasteiger partial charge in [0.1, 0.15) is 11.3 Å². The molecule has 7 nitrogen and oxygen atoms in total. The molecule has 28 heavy (non-hydrogen) atoms. The second-order valence-corrected chi connectivity index (χ2v) is 7.55. The zero-order valence-corrected chi connectivity index (χ0v) is 15.1. The van der Waals surface area contributed by atoms with E-state index in [1.54, 1.807) is 36.4 Å². The molecule has 0 aliphatic heterocycles. The van der Waals surface area contributed by atoms with Gasteiger partial charge in [-0.1, -0.05) is 24.3 Å². The third-order valence-electron chi connectivity index (χ3n) is 3.95. The standard InChI is InChI=1S/C20H14N2O5S/c21-12-13-3-1-4-14(9-13)15-5-2-6-17(10-15)28(26,27)22-16-7-8-18(20(24)25)19(23)11-16/h1-11,22-23H,(H,24,25). The van der Waals surface area contributed by atoms with Crippen molar-refractivity contribution in [2.45, 2.75) is 4.90 Å². The average Bonchev–Trinajstić information content (AvgIpc) is 2.67. The van der Waals surface area contributed by atoms with Crippen molar-refractivity contribution in [3.8, 4) is 22.9 Å². The van der Waals surface area contributed by atoms with Crippen LogP contribution in [0.4, 0.5) is 5.69 Å². The summed E-state index contributed by atoms with van der Waals surface area (Å²) in [5.74, 6) is -1.87. The molecule has 0 amide bonds. The van der Waals surface area contributed by atoms with Gasteiger partial charge < -0.3 is 10.2 Å². The highest BCUT2D eigenvalue weighted by molar-refractivity contribution is 7.92. The summed E-state index contributed by atoms with van der Waals surface area (Å²) < 4.78 is 27.7. The Morgan fingerprint density at radius 3 is 2.29 bits per heavy atom. The number of aromatic hydroxyl groups is 1. The molecule has 0 aromatic heterocycles. The molecule has 0 fully saturated rings. The second kappa shape index (κ2) is 7.42. The molecule has 0 spiro atoms. The number of nitrogens with one attached hydrogen (secondary N) is 1. The molecule has 140 valence electrons. The quantitative estimate of drug-likeness (QED) is 0.608. The van der Waals surface area contributed by atoms with Gasteiger partial charge in [-0.05, 0) is 47.5 Å². The number of rotatable bonds is 5. The number of hydrogen-bond acceptors (Lipinski definition) is 5. The number of hydrogen-bond donors (Lipinski definition) is 3. The topological polar surface area (TPSA) is 127 Å². The molecule has 3 aromatic carbocycles. The number of carbonyl (C=O) groups is 1. The number of carboxylic acid groups (broad SMARTS) is 1. The van der Waals surface area contributed by atoms with E-state index in [0.29, 0.717) is 16.7 Å². The Balaban J connectivity index is 1.93. The van der Waals surface area contributed by atoms with Gasteiger partial charge in [-0.2, -0.15) is 5.26 Å². The first-order chi connectivity index (χ1) is 13.3. The van der Waals surface area contributed by atoms with Gasteiger partial charge in [0.25, 0.3) is 10.0 Å². The molecule has 3 aromatic rings. The van der Waals surface area contributed by atoms with Crippen LogP contribution in [-0.4, -0.2) is 24.6 Å². The van der Waals surface area contributed by atoms with Crippen LogP contribution in [0.3, 0.4) is 0 Å². The van der Waals surface area contributed by atoms with Crippen LogP contribution in [0, 0.1) is 11.3 Å². The molecule has 0 aliphatic carbocycles. The summed E-state index contributed by atoms with van der Waals surface area (Å²) in [6.07, 6.45) is 0. The molecule has 0 bridgehead atoms. The van der Waals surface area contributed by atoms with Gasteiger partial charge in [-0.25, -0.2) is 13.2 Å². The van der Waals surface area contributed by atoms with Crippen molar-refractivity contribution < 1.29 is 23.4 Å². The van der Waals surface area contributed by atoms with Crippen LogP contribution in [0.1, 0.15) is 15.9 Å². The number of aromatic carboxylic acids is 1. The predicted octanol–water partition coefficient (Wildman–Crippen LogP) is 3.43. The maximum atomic E-state index is 12.7. The van der Waals surface area contributed by atoms with Crippen molar-refractivity contribution in [2.24, 2.45) is 0 Å². The van der Waals surface area contributed by atoms with Crippen molar-refractivity contribution in [1.82, 2.24) is 0 Å². The summed E-state index contributed by atoms with van der Waals surface area (Å²) in [6, 6.07) is 18.4. The minimum absolute atomic E-state index is 0.0193. The summed E-state index contributed by atoms with van der Waals surface area (Å²) in [7, 11) is -3.98. The van der Waals surface area contributed by atoms with Crippen LogP contribution >= 0.6 is 0 Å². The van der Waals surface area contributed by atoms with E-state index < -0.39 is 21.7 Å². The van der Waals surface area contributed by atoms with Crippen molar-refractivity contribution in [2.75, 3.05) is 4.72 Å². The molecular formula is C20H14N2O5S. The first-order valence-corrected chi connectivity index (χ1v) is 9.48. The highest BCUT2D eigenvalue weighted by atomic mass is 32.2. The van der Waals surface area contributed by atoms with E-state index >= 15 is 0 Å². The van der Waals surface area contributed by atoms with E-state index in [1.807, 2.05) is 6.07 Å². The predicted molar refractivity (Wildman–Crippen MR) is 102 cm³/mol. The molecule has 0 saturated carbocycles. The lowest BCUT2D eigenvalue weighted by molar-refractivity contribution is 0.0694. The Bertz CT molecular complexity index is 1210. The van der Waals surface area contributed by atoms with Crippen molar-refractivity contribution in [1.29, 1.82) is 5.26 Å². The Morgan fingerprint density at radius 2 is 1.64 bits per heavy atom. The molecule has 0 atom stereocenters. The van der Waals surface area contributed by atoms with Gasteiger partial charge in [-0.3, -0.25) is 4.72 Å². The van der Waals surface area contributed by atoms with E-state index in [9.17, 15) is 18.3 Å². The van der Waals surface area contributed by atoms with E-state index in [2.05, 4.69) is 4.72 Å². The van der Waals surface area contributed by atoms with Crippen LogP contribution in [0.25, 0.3) is 11.1 Å². The van der Waals surface area contributed by atoms with Crippen LogP contribution in [-0.2, 0) is 10.0 Å². The van der Waals surface area contributed by atoms with Gasteiger partial charge in [0.15, 0.2) is 0 Å². The zero-order valence-electron chi connectivity index (χ0n) is 14.3. The number of sulfonamides is 1. The van der Waals surface area contributed by atoms with Gasteiger partial charge in [0, 0.05) is 6.07 Å². The summed E-state index contributed by atoms with van der Waals surface area (Å²) in [5, 5.41) is 27.7. The van der Waals surface area contributed by atoms with Crippen LogP contribution in [0.5, 0.6) is 5.75 Å². The number of carboxylic acids is 1. The minimum atomic E-state index is -3.98. The van der Waals surface area contributed by atoms with Crippen LogP contribution in [0.15, 0.2) is 71.6 Å². The average molecular weight is 394 g/mol. The molecule has 0 aliphatic rings. The summed E-state index contributed by atoms with van der Waals surface area (Å²) >= 11 is 0. The molecule has 0 saturated heterocycles. The normalized spacial score (nSPS) is 10.8. The van der Waals surface area contributed by atoms with Crippen LogP contribution in [0.2, 0.25) is 0 Å². The fourth-order valence-corrected chi connectivity index (χ4v) is 3.70. The minimum Gasteiger partial charge on any atom is -0.507 e. The first kappa shape index (κ1) is 18.9. The lowest BCUT2D eigenvalue weighted by Gasteiger charge is -2.11. The highest BCUT2D eigenvalue weighted by Crippen LogP contribution is 2.27. The fourth-order valence-electron chi connectivity index (χ4n) is 2.60. The van der Waals surface area contributed by atoms with Crippen LogP contribution < -0.4 is 4.72 Å². The number of nitriles is 1. The molecule has 0 heterocycles. The molecule has 3 N–H and O–H groups in total. The Kier molecular flexibility index (Phi) is 5.02. The van der Waals surface area contributed by atoms with Crippen molar-refractivity contribution in [3.63, 3.8) is 0 Å². The van der Waals surface area contributed by atoms with E-state index in [4.69, 9.17) is 10.4 Å². The van der Waals surface area contributed by atoms with Crippen molar-refractivity contribution in [3.05, 3.63) is 77.9 Å². The van der Waals surface area contributed by atoms with Gasteiger partial charge in [-0.15, -0.1) is 0 Å². The maximum Gasteiger partial charge on any atom is 0.339 e. The third kappa shape index (κ3) is 3.95. The van der Waals surface area contributed by atoms with Gasteiger partial charge >= 0.3 is 5.97 Å². The van der Waals surface area contributed by atoms with Gasteiger partial charge in [0.2, 0.25) is 0 Å². The Morgan fingerprint density at radius 1 is 0.964 bits per heavy atom. The molecule has 0 unspecified atom stereocenters. The molecule has 3 rings (SSSR count). The van der Waals surface area contributed by atoms with E-state index in [-0.39, 0.29) is 16.1 Å². The number of benzene rings is 3. The SMILES string of the molecule is N#Cc1cccc(-c2cccc(S(=O)(=O)Nc3ccc(C(=O)O)c(O)c3)c2)c1. The summed E-state index contributed by atoms with van der Waals surface area (Å²) in [6.45, 7) is 0. The molecule has 0 radical (unpaired) electrons.